The van der Waals surface area contributed by atoms with E-state index in [1.807, 2.05) is 12.1 Å². The Kier molecular flexibility index (Phi) is 4.14. The van der Waals surface area contributed by atoms with Crippen LogP contribution in [0.25, 0.3) is 0 Å². The van der Waals surface area contributed by atoms with Gasteiger partial charge in [0, 0.05) is 10.9 Å². The van der Waals surface area contributed by atoms with Crippen LogP contribution in [0.2, 0.25) is 0 Å². The van der Waals surface area contributed by atoms with Gasteiger partial charge in [-0.15, -0.1) is 0 Å². The summed E-state index contributed by atoms with van der Waals surface area (Å²) >= 11 is 3.45. The van der Waals surface area contributed by atoms with Crippen molar-refractivity contribution in [2.24, 2.45) is 0 Å². The smallest absolute Gasteiger partial charge is 0.303 e. The van der Waals surface area contributed by atoms with Crippen molar-refractivity contribution in [3.63, 3.8) is 0 Å². The number of carboxylic acid groups (broad SMARTS) is 1. The molecule has 1 N–H and O–H groups in total. The number of carboxylic acids is 1. The molecule has 0 radical (unpaired) electrons. The van der Waals surface area contributed by atoms with Crippen molar-refractivity contribution in [2.45, 2.75) is 26.2 Å². The minimum Gasteiger partial charge on any atom is -0.481 e. The fourth-order valence-corrected chi connectivity index (χ4v) is 1.83. The third kappa shape index (κ3) is 3.14. The normalized spacial score (nSPS) is 10.1. The van der Waals surface area contributed by atoms with E-state index in [0.717, 1.165) is 16.5 Å². The number of benzene rings is 1. The molecular weight excluding hydrogens is 244 g/mol. The molecule has 0 unspecified atom stereocenters. The number of aliphatic carboxylic acids is 1. The van der Waals surface area contributed by atoms with Gasteiger partial charge in [-0.2, -0.15) is 0 Å². The van der Waals surface area contributed by atoms with Crippen molar-refractivity contribution in [3.8, 4) is 0 Å². The van der Waals surface area contributed by atoms with Crippen LogP contribution in [-0.4, -0.2) is 11.1 Å². The fraction of sp³-hybridized carbons (Fsp3) is 0.364. The number of carbonyl (C=O) groups is 1. The van der Waals surface area contributed by atoms with E-state index in [-0.39, 0.29) is 6.42 Å². The summed E-state index contributed by atoms with van der Waals surface area (Å²) in [7, 11) is 0. The summed E-state index contributed by atoms with van der Waals surface area (Å²) in [5.41, 5.74) is 2.32. The van der Waals surface area contributed by atoms with Gasteiger partial charge in [0.25, 0.3) is 0 Å². The highest BCUT2D eigenvalue weighted by Gasteiger charge is 2.02. The first-order valence-electron chi connectivity index (χ1n) is 4.62. The Balaban J connectivity index is 2.74. The van der Waals surface area contributed by atoms with Gasteiger partial charge in [-0.3, -0.25) is 4.79 Å². The van der Waals surface area contributed by atoms with Gasteiger partial charge in [-0.1, -0.05) is 35.0 Å². The summed E-state index contributed by atoms with van der Waals surface area (Å²) in [6, 6.07) is 6.01. The van der Waals surface area contributed by atoms with Crippen LogP contribution >= 0.6 is 15.9 Å². The molecule has 1 aromatic rings. The Hall–Kier alpha value is -0.830. The zero-order valence-electron chi connectivity index (χ0n) is 8.09. The average molecular weight is 257 g/mol. The number of halogens is 1. The van der Waals surface area contributed by atoms with Crippen molar-refractivity contribution in [1.82, 2.24) is 0 Å². The van der Waals surface area contributed by atoms with Crippen LogP contribution in [0.3, 0.4) is 0 Å². The standard InChI is InChI=1S/C11H13BrO2/c1-2-9-7-8(3-5-10(9)12)4-6-11(13)14/h3,5,7H,2,4,6H2,1H3,(H,13,14). The molecule has 1 aromatic carbocycles. The summed E-state index contributed by atoms with van der Waals surface area (Å²) in [6.45, 7) is 2.08. The van der Waals surface area contributed by atoms with E-state index in [9.17, 15) is 4.79 Å². The van der Waals surface area contributed by atoms with Crippen molar-refractivity contribution in [3.05, 3.63) is 33.8 Å². The van der Waals surface area contributed by atoms with E-state index in [1.165, 1.54) is 5.56 Å². The third-order valence-electron chi connectivity index (χ3n) is 2.12. The maximum atomic E-state index is 10.4. The first kappa shape index (κ1) is 11.2. The summed E-state index contributed by atoms with van der Waals surface area (Å²) in [5, 5.41) is 8.55. The number of hydrogen-bond acceptors (Lipinski definition) is 1. The Labute approximate surface area is 92.1 Å². The highest BCUT2D eigenvalue weighted by Crippen LogP contribution is 2.19. The molecule has 14 heavy (non-hydrogen) atoms. The summed E-state index contributed by atoms with van der Waals surface area (Å²) in [6.07, 6.45) is 1.77. The second-order valence-electron chi connectivity index (χ2n) is 3.17. The van der Waals surface area contributed by atoms with E-state index in [0.29, 0.717) is 6.42 Å². The van der Waals surface area contributed by atoms with Crippen LogP contribution in [0, 0.1) is 0 Å². The van der Waals surface area contributed by atoms with Gasteiger partial charge in [0.15, 0.2) is 0 Å². The van der Waals surface area contributed by atoms with Gasteiger partial charge in [-0.05, 0) is 30.0 Å². The van der Waals surface area contributed by atoms with Crippen LogP contribution in [0.1, 0.15) is 24.5 Å². The van der Waals surface area contributed by atoms with Crippen LogP contribution in [0.4, 0.5) is 0 Å². The average Bonchev–Trinajstić information content (AvgIpc) is 2.16. The minimum absolute atomic E-state index is 0.199. The van der Waals surface area contributed by atoms with Crippen molar-refractivity contribution >= 4 is 21.9 Å². The topological polar surface area (TPSA) is 37.3 Å². The number of rotatable bonds is 4. The summed E-state index contributed by atoms with van der Waals surface area (Å²) in [5.74, 6) is -0.744. The van der Waals surface area contributed by atoms with Crippen LogP contribution in [-0.2, 0) is 17.6 Å². The zero-order valence-corrected chi connectivity index (χ0v) is 9.67. The first-order chi connectivity index (χ1) is 6.63. The van der Waals surface area contributed by atoms with E-state index in [4.69, 9.17) is 5.11 Å². The van der Waals surface area contributed by atoms with Gasteiger partial charge in [0.05, 0.1) is 0 Å². The largest absolute Gasteiger partial charge is 0.481 e. The zero-order chi connectivity index (χ0) is 10.6. The molecular formula is C11H13BrO2. The van der Waals surface area contributed by atoms with Gasteiger partial charge in [-0.25, -0.2) is 0 Å². The molecule has 0 fully saturated rings. The predicted octanol–water partition coefficient (Wildman–Crippen LogP) is 3.03. The van der Waals surface area contributed by atoms with Gasteiger partial charge in [0.1, 0.15) is 0 Å². The maximum absolute atomic E-state index is 10.4. The molecule has 0 amide bonds. The van der Waals surface area contributed by atoms with E-state index in [2.05, 4.69) is 28.9 Å². The molecule has 1 rings (SSSR count). The Morgan fingerprint density at radius 1 is 1.50 bits per heavy atom. The number of hydrogen-bond donors (Lipinski definition) is 1. The quantitative estimate of drug-likeness (QED) is 0.900. The Bertz CT molecular complexity index is 334. The van der Waals surface area contributed by atoms with Crippen LogP contribution in [0.5, 0.6) is 0 Å². The second-order valence-corrected chi connectivity index (χ2v) is 4.03. The third-order valence-corrected chi connectivity index (χ3v) is 2.89. The first-order valence-corrected chi connectivity index (χ1v) is 5.42. The molecule has 0 aliphatic rings. The molecule has 0 bridgehead atoms. The van der Waals surface area contributed by atoms with Crippen molar-refractivity contribution in [2.75, 3.05) is 0 Å². The van der Waals surface area contributed by atoms with Crippen molar-refractivity contribution < 1.29 is 9.90 Å². The van der Waals surface area contributed by atoms with Gasteiger partial charge in [0.2, 0.25) is 0 Å². The lowest BCUT2D eigenvalue weighted by atomic mass is 10.1. The minimum atomic E-state index is -0.744. The molecule has 2 nitrogen and oxygen atoms in total. The fourth-order valence-electron chi connectivity index (χ4n) is 1.31. The SMILES string of the molecule is CCc1cc(CCC(=O)O)ccc1Br. The molecule has 0 aromatic heterocycles. The molecule has 0 aliphatic heterocycles. The van der Waals surface area contributed by atoms with E-state index < -0.39 is 5.97 Å². The molecule has 0 aliphatic carbocycles. The molecule has 0 heterocycles. The second kappa shape index (κ2) is 5.15. The summed E-state index contributed by atoms with van der Waals surface area (Å²) in [4.78, 5) is 10.4. The molecule has 3 heteroatoms. The molecule has 76 valence electrons. The van der Waals surface area contributed by atoms with E-state index >= 15 is 0 Å². The lowest BCUT2D eigenvalue weighted by Gasteiger charge is -2.04. The van der Waals surface area contributed by atoms with Crippen LogP contribution < -0.4 is 0 Å². The van der Waals surface area contributed by atoms with Gasteiger partial charge < -0.3 is 5.11 Å². The lowest BCUT2D eigenvalue weighted by molar-refractivity contribution is -0.136. The van der Waals surface area contributed by atoms with E-state index in [1.54, 1.807) is 0 Å². The molecule has 0 spiro atoms. The predicted molar refractivity (Wildman–Crippen MR) is 59.5 cm³/mol. The highest BCUT2D eigenvalue weighted by atomic mass is 79.9. The summed E-state index contributed by atoms with van der Waals surface area (Å²) < 4.78 is 1.10. The van der Waals surface area contributed by atoms with Crippen LogP contribution in [0.15, 0.2) is 22.7 Å². The Morgan fingerprint density at radius 2 is 2.21 bits per heavy atom. The van der Waals surface area contributed by atoms with Crippen molar-refractivity contribution in [1.29, 1.82) is 0 Å². The number of aryl methyl sites for hydroxylation is 2. The Morgan fingerprint density at radius 3 is 2.79 bits per heavy atom. The maximum Gasteiger partial charge on any atom is 0.303 e. The lowest BCUT2D eigenvalue weighted by Crippen LogP contribution is -1.98. The molecule has 0 saturated carbocycles. The highest BCUT2D eigenvalue weighted by molar-refractivity contribution is 9.10. The molecule has 0 atom stereocenters. The van der Waals surface area contributed by atoms with Gasteiger partial charge >= 0.3 is 5.97 Å². The molecule has 0 saturated heterocycles. The monoisotopic (exact) mass is 256 g/mol.